The predicted molar refractivity (Wildman–Crippen MR) is 79.3 cm³/mol. The number of nitrogens with one attached hydrogen (secondary N) is 1. The normalized spacial score (nSPS) is 10.7. The standard InChI is InChI=1S/C13H18BrClN2O/c1-17(2)9-4-3-8-16-13(18)10-6-5-7-11(14)12(10)15/h5-7H,3-4,8-9H2,1-2H3,(H,16,18). The summed E-state index contributed by atoms with van der Waals surface area (Å²) in [6.07, 6.45) is 2.04. The van der Waals surface area contributed by atoms with Crippen molar-refractivity contribution in [3.05, 3.63) is 33.3 Å². The second kappa shape index (κ2) is 7.77. The van der Waals surface area contributed by atoms with Gasteiger partial charge in [-0.2, -0.15) is 0 Å². The maximum Gasteiger partial charge on any atom is 0.252 e. The van der Waals surface area contributed by atoms with Gasteiger partial charge in [0.2, 0.25) is 0 Å². The van der Waals surface area contributed by atoms with Crippen molar-refractivity contribution in [1.29, 1.82) is 0 Å². The fourth-order valence-electron chi connectivity index (χ4n) is 1.53. The number of nitrogens with zero attached hydrogens (tertiary/aromatic N) is 1. The Hall–Kier alpha value is -0.580. The molecule has 18 heavy (non-hydrogen) atoms. The van der Waals surface area contributed by atoms with Crippen LogP contribution in [0.2, 0.25) is 5.02 Å². The first-order valence-electron chi connectivity index (χ1n) is 5.89. The number of halogens is 2. The molecule has 0 spiro atoms. The number of hydrogen-bond donors (Lipinski definition) is 1. The summed E-state index contributed by atoms with van der Waals surface area (Å²) in [6.45, 7) is 1.71. The number of unbranched alkanes of at least 4 members (excludes halogenated alkanes) is 1. The molecule has 0 heterocycles. The van der Waals surface area contributed by atoms with Crippen molar-refractivity contribution >= 4 is 33.4 Å². The monoisotopic (exact) mass is 332 g/mol. The molecule has 1 aromatic carbocycles. The van der Waals surface area contributed by atoms with Crippen LogP contribution < -0.4 is 5.32 Å². The van der Waals surface area contributed by atoms with E-state index in [1.165, 1.54) is 0 Å². The SMILES string of the molecule is CN(C)CCCCNC(=O)c1cccc(Br)c1Cl. The minimum absolute atomic E-state index is 0.119. The molecule has 0 aliphatic rings. The minimum atomic E-state index is -0.119. The molecule has 0 saturated carbocycles. The van der Waals surface area contributed by atoms with E-state index in [0.29, 0.717) is 17.1 Å². The Labute approximate surface area is 122 Å². The molecule has 1 rings (SSSR count). The van der Waals surface area contributed by atoms with Crippen LogP contribution in [0.3, 0.4) is 0 Å². The molecule has 0 saturated heterocycles. The molecule has 0 atom stereocenters. The maximum atomic E-state index is 11.9. The van der Waals surface area contributed by atoms with Gasteiger partial charge in [-0.15, -0.1) is 0 Å². The van der Waals surface area contributed by atoms with E-state index < -0.39 is 0 Å². The van der Waals surface area contributed by atoms with Crippen LogP contribution in [0, 0.1) is 0 Å². The molecule has 0 aliphatic heterocycles. The van der Waals surface area contributed by atoms with Gasteiger partial charge in [-0.1, -0.05) is 17.7 Å². The van der Waals surface area contributed by atoms with E-state index in [1.807, 2.05) is 20.2 Å². The molecule has 0 aliphatic carbocycles. The average Bonchev–Trinajstić information content (AvgIpc) is 2.31. The molecule has 1 amide bonds. The number of carbonyl (C=O) groups excluding carboxylic acids is 1. The summed E-state index contributed by atoms with van der Waals surface area (Å²) < 4.78 is 0.740. The van der Waals surface area contributed by atoms with Crippen molar-refractivity contribution in [2.24, 2.45) is 0 Å². The second-order valence-electron chi connectivity index (χ2n) is 4.37. The van der Waals surface area contributed by atoms with E-state index in [2.05, 4.69) is 26.1 Å². The summed E-state index contributed by atoms with van der Waals surface area (Å²) in [4.78, 5) is 14.0. The van der Waals surface area contributed by atoms with E-state index in [-0.39, 0.29) is 5.91 Å². The molecule has 1 aromatic rings. The lowest BCUT2D eigenvalue weighted by Crippen LogP contribution is -2.25. The van der Waals surface area contributed by atoms with Crippen LogP contribution in [0.4, 0.5) is 0 Å². The zero-order valence-corrected chi connectivity index (χ0v) is 13.0. The first kappa shape index (κ1) is 15.5. The molecule has 1 N–H and O–H groups in total. The Morgan fingerprint density at radius 3 is 2.78 bits per heavy atom. The molecular weight excluding hydrogens is 316 g/mol. The third-order valence-corrected chi connectivity index (χ3v) is 3.81. The summed E-state index contributed by atoms with van der Waals surface area (Å²) in [5.41, 5.74) is 0.513. The predicted octanol–water partition coefficient (Wildman–Crippen LogP) is 3.17. The quantitative estimate of drug-likeness (QED) is 0.811. The fraction of sp³-hybridized carbons (Fsp3) is 0.462. The van der Waals surface area contributed by atoms with E-state index in [1.54, 1.807) is 12.1 Å². The molecular formula is C13H18BrClN2O. The molecule has 0 radical (unpaired) electrons. The fourth-order valence-corrected chi connectivity index (χ4v) is 2.11. The van der Waals surface area contributed by atoms with Gasteiger partial charge in [0.05, 0.1) is 10.6 Å². The third-order valence-electron chi connectivity index (χ3n) is 2.51. The highest BCUT2D eigenvalue weighted by Crippen LogP contribution is 2.25. The molecule has 5 heteroatoms. The third kappa shape index (κ3) is 4.96. The van der Waals surface area contributed by atoms with Crippen LogP contribution in [-0.2, 0) is 0 Å². The van der Waals surface area contributed by atoms with Crippen molar-refractivity contribution < 1.29 is 4.79 Å². The van der Waals surface area contributed by atoms with Gasteiger partial charge in [-0.3, -0.25) is 4.79 Å². The van der Waals surface area contributed by atoms with Gasteiger partial charge in [-0.25, -0.2) is 0 Å². The van der Waals surface area contributed by atoms with E-state index >= 15 is 0 Å². The van der Waals surface area contributed by atoms with E-state index in [9.17, 15) is 4.79 Å². The second-order valence-corrected chi connectivity index (χ2v) is 5.60. The molecule has 0 aromatic heterocycles. The topological polar surface area (TPSA) is 32.3 Å². The number of rotatable bonds is 6. The van der Waals surface area contributed by atoms with Crippen molar-refractivity contribution in [2.75, 3.05) is 27.2 Å². The minimum Gasteiger partial charge on any atom is -0.352 e. The van der Waals surface area contributed by atoms with Gasteiger partial charge in [0.1, 0.15) is 0 Å². The zero-order valence-electron chi connectivity index (χ0n) is 10.7. The maximum absolute atomic E-state index is 11.9. The van der Waals surface area contributed by atoms with Gasteiger partial charge >= 0.3 is 0 Å². The Morgan fingerprint density at radius 2 is 2.11 bits per heavy atom. The molecule has 3 nitrogen and oxygen atoms in total. The van der Waals surface area contributed by atoms with Crippen molar-refractivity contribution in [2.45, 2.75) is 12.8 Å². The van der Waals surface area contributed by atoms with Crippen LogP contribution in [0.25, 0.3) is 0 Å². The highest BCUT2D eigenvalue weighted by atomic mass is 79.9. The molecule has 0 bridgehead atoms. The lowest BCUT2D eigenvalue weighted by atomic mass is 10.2. The van der Waals surface area contributed by atoms with Crippen LogP contribution in [-0.4, -0.2) is 38.0 Å². The van der Waals surface area contributed by atoms with Crippen molar-refractivity contribution in [1.82, 2.24) is 10.2 Å². The smallest absolute Gasteiger partial charge is 0.252 e. The summed E-state index contributed by atoms with van der Waals surface area (Å²) in [5.74, 6) is -0.119. The van der Waals surface area contributed by atoms with Crippen LogP contribution in [0.5, 0.6) is 0 Å². The van der Waals surface area contributed by atoms with Crippen LogP contribution in [0.1, 0.15) is 23.2 Å². The average molecular weight is 334 g/mol. The first-order chi connectivity index (χ1) is 8.52. The lowest BCUT2D eigenvalue weighted by molar-refractivity contribution is 0.0953. The number of carbonyl (C=O) groups is 1. The molecule has 100 valence electrons. The van der Waals surface area contributed by atoms with Crippen molar-refractivity contribution in [3.8, 4) is 0 Å². The summed E-state index contributed by atoms with van der Waals surface area (Å²) in [7, 11) is 4.08. The number of amides is 1. The Morgan fingerprint density at radius 1 is 1.39 bits per heavy atom. The molecule has 0 unspecified atom stereocenters. The highest BCUT2D eigenvalue weighted by Gasteiger charge is 2.11. The number of benzene rings is 1. The van der Waals surface area contributed by atoms with Crippen LogP contribution in [0.15, 0.2) is 22.7 Å². The van der Waals surface area contributed by atoms with Gasteiger partial charge < -0.3 is 10.2 Å². The Balaban J connectivity index is 2.39. The van der Waals surface area contributed by atoms with Gasteiger partial charge in [-0.05, 0) is 61.5 Å². The largest absolute Gasteiger partial charge is 0.352 e. The van der Waals surface area contributed by atoms with Crippen LogP contribution >= 0.6 is 27.5 Å². The zero-order chi connectivity index (χ0) is 13.5. The number of hydrogen-bond acceptors (Lipinski definition) is 2. The summed E-state index contributed by atoms with van der Waals surface area (Å²) in [6, 6.07) is 5.34. The van der Waals surface area contributed by atoms with E-state index in [4.69, 9.17) is 11.6 Å². The van der Waals surface area contributed by atoms with Gasteiger partial charge in [0.15, 0.2) is 0 Å². The summed E-state index contributed by atoms with van der Waals surface area (Å²) >= 11 is 9.36. The van der Waals surface area contributed by atoms with Gasteiger partial charge in [0.25, 0.3) is 5.91 Å². The van der Waals surface area contributed by atoms with Gasteiger partial charge in [0, 0.05) is 11.0 Å². The molecule has 0 fully saturated rings. The van der Waals surface area contributed by atoms with Crippen molar-refractivity contribution in [3.63, 3.8) is 0 Å². The highest BCUT2D eigenvalue weighted by molar-refractivity contribution is 9.10. The Bertz CT molecular complexity index is 410. The summed E-state index contributed by atoms with van der Waals surface area (Å²) in [5, 5.41) is 3.34. The Kier molecular flexibility index (Phi) is 6.68. The first-order valence-corrected chi connectivity index (χ1v) is 7.06. The lowest BCUT2D eigenvalue weighted by Gasteiger charge is -2.10. The van der Waals surface area contributed by atoms with E-state index in [0.717, 1.165) is 23.9 Å².